The molecule has 1 aliphatic carbocycles. The molecule has 0 nitrogen and oxygen atoms in total. The predicted molar refractivity (Wildman–Crippen MR) is 68.5 cm³/mol. The number of halogens is 1. The van der Waals surface area contributed by atoms with Gasteiger partial charge in [-0.3, -0.25) is 0 Å². The third-order valence-electron chi connectivity index (χ3n) is 3.58. The second-order valence-corrected chi connectivity index (χ2v) is 17.5. The average Bonchev–Trinajstić information content (AvgIpc) is 2.27. The molecule has 1 aliphatic rings. The molecule has 1 rings (SSSR count). The monoisotopic (exact) mass is 276 g/mol. The molecule has 0 aromatic heterocycles. The normalized spacial score (nSPS) is 22.6. The van der Waals surface area contributed by atoms with Crippen molar-refractivity contribution in [1.29, 1.82) is 0 Å². The molecule has 0 aromatic carbocycles. The van der Waals surface area contributed by atoms with E-state index in [0.717, 1.165) is 5.92 Å². The molecule has 0 amide bonds. The summed E-state index contributed by atoms with van der Waals surface area (Å²) < 4.78 is 0. The third kappa shape index (κ3) is 3.98. The molecule has 1 unspecified atom stereocenters. The van der Waals surface area contributed by atoms with Gasteiger partial charge in [0, 0.05) is 0 Å². The molecule has 0 aromatic rings. The fourth-order valence-electron chi connectivity index (χ4n) is 2.17. The molecule has 0 bridgehead atoms. The summed E-state index contributed by atoms with van der Waals surface area (Å²) in [7, 11) is 6.69. The van der Waals surface area contributed by atoms with Crippen LogP contribution in [0.25, 0.3) is 0 Å². The number of allylic oxidation sites excluding steroid dienone is 2. The van der Waals surface area contributed by atoms with E-state index in [0.29, 0.717) is 0 Å². The van der Waals surface area contributed by atoms with Crippen molar-refractivity contribution in [2.45, 2.75) is 55.3 Å². The summed E-state index contributed by atoms with van der Waals surface area (Å²) in [5, 5.41) is 3.94. The Morgan fingerprint density at radius 3 is 2.57 bits per heavy atom. The van der Waals surface area contributed by atoms with Crippen LogP contribution in [0.5, 0.6) is 0 Å². The fourth-order valence-corrected chi connectivity index (χ4v) is 7.13. The van der Waals surface area contributed by atoms with Crippen LogP contribution in [0, 0.1) is 5.92 Å². The van der Waals surface area contributed by atoms with Crippen molar-refractivity contribution >= 4 is 22.3 Å². The Bertz CT molecular complexity index is 185. The minimum absolute atomic E-state index is 0.852. The third-order valence-corrected chi connectivity index (χ3v) is 15.1. The first-order valence-electron chi connectivity index (χ1n) is 6.06. The Balaban J connectivity index is 2.30. The molecule has 0 saturated heterocycles. The summed E-state index contributed by atoms with van der Waals surface area (Å²) in [6.07, 6.45) is 10.2. The Labute approximate surface area is 95.7 Å². The minimum atomic E-state index is -1.84. The van der Waals surface area contributed by atoms with Crippen LogP contribution in [0.4, 0.5) is 0 Å². The van der Waals surface area contributed by atoms with Crippen LogP contribution in [0.1, 0.15) is 39.5 Å². The van der Waals surface area contributed by atoms with Gasteiger partial charge in [0.15, 0.2) is 0 Å². The first-order chi connectivity index (χ1) is 6.70. The summed E-state index contributed by atoms with van der Waals surface area (Å²) in [5.41, 5.74) is 0. The van der Waals surface area contributed by atoms with Gasteiger partial charge < -0.3 is 0 Å². The summed E-state index contributed by atoms with van der Waals surface area (Å²) >= 11 is -1.84. The van der Waals surface area contributed by atoms with Crippen LogP contribution in [0.3, 0.4) is 0 Å². The van der Waals surface area contributed by atoms with E-state index >= 15 is 0 Å². The van der Waals surface area contributed by atoms with Gasteiger partial charge in [0.25, 0.3) is 0 Å². The van der Waals surface area contributed by atoms with E-state index in [1.54, 1.807) is 0 Å². The van der Waals surface area contributed by atoms with Gasteiger partial charge in [0.2, 0.25) is 0 Å². The van der Waals surface area contributed by atoms with Crippen LogP contribution in [-0.4, -0.2) is 12.3 Å². The molecule has 82 valence electrons. The first-order valence-corrected chi connectivity index (χ1v) is 13.3. The van der Waals surface area contributed by atoms with Crippen LogP contribution in [0.2, 0.25) is 15.8 Å². The zero-order valence-corrected chi connectivity index (χ0v) is 12.4. The van der Waals surface area contributed by atoms with Gasteiger partial charge in [-0.1, -0.05) is 0 Å². The summed E-state index contributed by atoms with van der Waals surface area (Å²) in [6.45, 7) is 4.57. The number of hydrogen-bond donors (Lipinski definition) is 0. The molecule has 14 heavy (non-hydrogen) atoms. The van der Waals surface area contributed by atoms with Crippen molar-refractivity contribution in [3.8, 4) is 0 Å². The molecular weight excluding hydrogens is 252 g/mol. The van der Waals surface area contributed by atoms with Gasteiger partial charge in [-0.15, -0.1) is 0 Å². The Hall–Kier alpha value is 0.573. The van der Waals surface area contributed by atoms with Crippen LogP contribution < -0.4 is 0 Å². The molecule has 0 spiro atoms. The van der Waals surface area contributed by atoms with E-state index in [-0.39, 0.29) is 0 Å². The summed E-state index contributed by atoms with van der Waals surface area (Å²) in [6, 6.07) is 0. The molecule has 0 radical (unpaired) electrons. The van der Waals surface area contributed by atoms with Crippen molar-refractivity contribution in [1.82, 2.24) is 0 Å². The Kier molecular flexibility index (Phi) is 5.62. The van der Waals surface area contributed by atoms with Crippen molar-refractivity contribution in [3.05, 3.63) is 12.2 Å². The zero-order chi connectivity index (χ0) is 10.4. The van der Waals surface area contributed by atoms with Crippen molar-refractivity contribution < 1.29 is 0 Å². The van der Waals surface area contributed by atoms with E-state index in [2.05, 4.69) is 26.0 Å². The molecule has 1 atom stereocenters. The van der Waals surface area contributed by atoms with Crippen molar-refractivity contribution in [2.24, 2.45) is 5.92 Å². The second kappa shape index (κ2) is 6.22. The topological polar surface area (TPSA) is 0 Å². The average molecular weight is 275 g/mol. The van der Waals surface area contributed by atoms with Crippen molar-refractivity contribution in [2.75, 3.05) is 0 Å². The van der Waals surface area contributed by atoms with Crippen LogP contribution in [-0.2, 0) is 0 Å². The van der Waals surface area contributed by atoms with Gasteiger partial charge in [-0.2, -0.15) is 0 Å². The fraction of sp³-hybridized carbons (Fsp3) is 0.833. The number of hydrogen-bond acceptors (Lipinski definition) is 0. The van der Waals surface area contributed by atoms with E-state index in [9.17, 15) is 0 Å². The van der Waals surface area contributed by atoms with Crippen molar-refractivity contribution in [3.63, 3.8) is 0 Å². The maximum absolute atomic E-state index is 6.69. The molecule has 2 heteroatoms. The molecule has 0 aliphatic heterocycles. The van der Waals surface area contributed by atoms with Gasteiger partial charge in [0.05, 0.1) is 0 Å². The van der Waals surface area contributed by atoms with Gasteiger partial charge in [-0.25, -0.2) is 0 Å². The first kappa shape index (κ1) is 12.6. The predicted octanol–water partition coefficient (Wildman–Crippen LogP) is 4.96. The SMILES string of the molecule is C[CH2][Ge]([Cl])([CH2]C)[CH2]CC1C=CCCC1. The van der Waals surface area contributed by atoms with Gasteiger partial charge in [0.1, 0.15) is 0 Å². The Morgan fingerprint density at radius 1 is 1.36 bits per heavy atom. The van der Waals surface area contributed by atoms with E-state index in [4.69, 9.17) is 10.0 Å². The molecule has 0 fully saturated rings. The quantitative estimate of drug-likeness (QED) is 0.491. The van der Waals surface area contributed by atoms with Crippen LogP contribution >= 0.6 is 10.0 Å². The van der Waals surface area contributed by atoms with Gasteiger partial charge >= 0.3 is 95.7 Å². The second-order valence-electron chi connectivity index (χ2n) is 4.52. The molecule has 0 N–H and O–H groups in total. The molecular formula is C12H23ClGe. The maximum atomic E-state index is 6.69. The zero-order valence-electron chi connectivity index (χ0n) is 9.56. The summed E-state index contributed by atoms with van der Waals surface area (Å²) in [4.78, 5) is 0. The molecule has 0 heterocycles. The molecule has 0 saturated carbocycles. The standard InChI is InChI=1S/C12H23ClGe/c1-3-14(13,4-2)11-10-12-8-6-5-7-9-12/h6,8,12H,3-5,7,9-11H2,1-2H3. The van der Waals surface area contributed by atoms with E-state index < -0.39 is 12.3 Å². The Morgan fingerprint density at radius 2 is 2.07 bits per heavy atom. The summed E-state index contributed by atoms with van der Waals surface area (Å²) in [5.74, 6) is 0.852. The van der Waals surface area contributed by atoms with Gasteiger partial charge in [-0.05, 0) is 0 Å². The number of rotatable bonds is 5. The van der Waals surface area contributed by atoms with E-state index in [1.807, 2.05) is 0 Å². The van der Waals surface area contributed by atoms with Crippen LogP contribution in [0.15, 0.2) is 12.2 Å². The van der Waals surface area contributed by atoms with E-state index in [1.165, 1.54) is 41.4 Å².